The number of hydrogen-bond donors (Lipinski definition) is 0. The number of halogens is 4. The minimum atomic E-state index is -4.63. The summed E-state index contributed by atoms with van der Waals surface area (Å²) in [5, 5.41) is 3.20. The summed E-state index contributed by atoms with van der Waals surface area (Å²) in [7, 11) is 0. The molecule has 0 saturated carbocycles. The number of oxime groups is 1. The molecule has 1 aromatic carbocycles. The summed E-state index contributed by atoms with van der Waals surface area (Å²) in [6.07, 6.45) is -6.82. The first-order chi connectivity index (χ1) is 9.69. The first-order valence-corrected chi connectivity index (χ1v) is 6.30. The number of nitrogens with zero attached hydrogens (tertiary/aromatic N) is 1. The van der Waals surface area contributed by atoms with Crippen LogP contribution in [0.1, 0.15) is 25.5 Å². The molecular weight excluding hydrogens is 311 g/mol. The first-order valence-electron chi connectivity index (χ1n) is 5.92. The van der Waals surface area contributed by atoms with E-state index in [4.69, 9.17) is 16.3 Å². The van der Waals surface area contributed by atoms with E-state index in [9.17, 15) is 18.0 Å². The summed E-state index contributed by atoms with van der Waals surface area (Å²) in [4.78, 5) is 16.5. The first kappa shape index (κ1) is 17.3. The van der Waals surface area contributed by atoms with Gasteiger partial charge in [0.05, 0.1) is 6.10 Å². The van der Waals surface area contributed by atoms with Gasteiger partial charge in [0, 0.05) is 10.6 Å². The molecule has 0 bridgehead atoms. The smallest absolute Gasteiger partial charge is 0.429 e. The standard InChI is InChI=1S/C13H13ClF3NO3/c1-8(2)20-12(19)11(21-18-7-13(15,16)17)9-3-5-10(14)6-4-9/h3-8,11H,1-2H3. The molecule has 1 unspecified atom stereocenters. The molecule has 1 rings (SSSR count). The predicted molar refractivity (Wildman–Crippen MR) is 71.1 cm³/mol. The molecule has 0 aliphatic carbocycles. The van der Waals surface area contributed by atoms with Crippen LogP contribution in [0, 0.1) is 0 Å². The Morgan fingerprint density at radius 3 is 2.33 bits per heavy atom. The fourth-order valence-electron chi connectivity index (χ4n) is 1.32. The van der Waals surface area contributed by atoms with Crippen LogP contribution in [-0.2, 0) is 14.4 Å². The molecule has 0 heterocycles. The molecule has 1 atom stereocenters. The summed E-state index contributed by atoms with van der Waals surface area (Å²) in [5.74, 6) is -0.841. The number of esters is 1. The van der Waals surface area contributed by atoms with Crippen molar-refractivity contribution >= 4 is 23.8 Å². The van der Waals surface area contributed by atoms with Gasteiger partial charge in [-0.3, -0.25) is 0 Å². The molecule has 1 aromatic rings. The van der Waals surface area contributed by atoms with Gasteiger partial charge in [0.1, 0.15) is 6.21 Å². The maximum Gasteiger partial charge on any atom is 0.429 e. The van der Waals surface area contributed by atoms with Crippen molar-refractivity contribution < 1.29 is 27.5 Å². The van der Waals surface area contributed by atoms with Gasteiger partial charge in [0.2, 0.25) is 6.10 Å². The Kier molecular flexibility index (Phi) is 6.02. The third-order valence-corrected chi connectivity index (χ3v) is 2.36. The SMILES string of the molecule is CC(C)OC(=O)C(ON=CC(F)(F)F)c1ccc(Cl)cc1. The lowest BCUT2D eigenvalue weighted by Crippen LogP contribution is -2.21. The zero-order valence-electron chi connectivity index (χ0n) is 11.2. The van der Waals surface area contributed by atoms with Crippen molar-refractivity contribution in [3.05, 3.63) is 34.9 Å². The molecule has 0 aliphatic heterocycles. The minimum absolute atomic E-state index is 0.282. The summed E-state index contributed by atoms with van der Waals surface area (Å²) in [6.45, 7) is 3.21. The summed E-state index contributed by atoms with van der Waals surface area (Å²) < 4.78 is 41.0. The van der Waals surface area contributed by atoms with E-state index in [1.807, 2.05) is 0 Å². The van der Waals surface area contributed by atoms with E-state index in [0.717, 1.165) is 0 Å². The molecule has 0 amide bonds. The number of carbonyl (C=O) groups is 1. The van der Waals surface area contributed by atoms with Crippen molar-refractivity contribution in [2.75, 3.05) is 0 Å². The lowest BCUT2D eigenvalue weighted by Gasteiger charge is -2.16. The van der Waals surface area contributed by atoms with E-state index < -0.39 is 24.4 Å². The van der Waals surface area contributed by atoms with Gasteiger partial charge in [0.15, 0.2) is 0 Å². The van der Waals surface area contributed by atoms with Gasteiger partial charge >= 0.3 is 12.1 Å². The van der Waals surface area contributed by atoms with Crippen molar-refractivity contribution in [2.45, 2.75) is 32.2 Å². The predicted octanol–water partition coefficient (Wildman–Crippen LogP) is 3.90. The maximum absolute atomic E-state index is 12.0. The normalized spacial score (nSPS) is 13.5. The Morgan fingerprint density at radius 2 is 1.86 bits per heavy atom. The van der Waals surface area contributed by atoms with Crippen LogP contribution < -0.4 is 0 Å². The lowest BCUT2D eigenvalue weighted by atomic mass is 10.1. The van der Waals surface area contributed by atoms with Crippen molar-refractivity contribution in [1.29, 1.82) is 0 Å². The van der Waals surface area contributed by atoms with E-state index in [1.54, 1.807) is 13.8 Å². The Balaban J connectivity index is 2.92. The van der Waals surface area contributed by atoms with Crippen LogP contribution in [-0.4, -0.2) is 24.5 Å². The number of rotatable bonds is 5. The fraction of sp³-hybridized carbons (Fsp3) is 0.385. The topological polar surface area (TPSA) is 47.9 Å². The molecule has 4 nitrogen and oxygen atoms in total. The van der Waals surface area contributed by atoms with Crippen LogP contribution in [0.2, 0.25) is 5.02 Å². The van der Waals surface area contributed by atoms with Gasteiger partial charge in [-0.15, -0.1) is 0 Å². The number of ether oxygens (including phenoxy) is 1. The highest BCUT2D eigenvalue weighted by atomic mass is 35.5. The van der Waals surface area contributed by atoms with Crippen molar-refractivity contribution in [1.82, 2.24) is 0 Å². The number of alkyl halides is 3. The van der Waals surface area contributed by atoms with Gasteiger partial charge in [-0.1, -0.05) is 28.9 Å². The molecule has 0 radical (unpaired) electrons. The van der Waals surface area contributed by atoms with Crippen LogP contribution in [0.15, 0.2) is 29.4 Å². The zero-order valence-corrected chi connectivity index (χ0v) is 12.0. The van der Waals surface area contributed by atoms with Crippen molar-refractivity contribution in [3.8, 4) is 0 Å². The van der Waals surface area contributed by atoms with Crippen molar-refractivity contribution in [3.63, 3.8) is 0 Å². The molecule has 116 valence electrons. The Hall–Kier alpha value is -1.76. The number of hydrogen-bond acceptors (Lipinski definition) is 4. The minimum Gasteiger partial charge on any atom is -0.460 e. The third kappa shape index (κ3) is 6.48. The van der Waals surface area contributed by atoms with Gasteiger partial charge in [-0.2, -0.15) is 13.2 Å². The zero-order chi connectivity index (χ0) is 16.0. The Bertz CT molecular complexity index is 500. The highest BCUT2D eigenvalue weighted by Gasteiger charge is 2.28. The van der Waals surface area contributed by atoms with Gasteiger partial charge in [-0.05, 0) is 26.0 Å². The Morgan fingerprint density at radius 1 is 1.29 bits per heavy atom. The van der Waals surface area contributed by atoms with Crippen LogP contribution in [0.25, 0.3) is 0 Å². The molecule has 0 N–H and O–H groups in total. The monoisotopic (exact) mass is 323 g/mol. The molecule has 8 heteroatoms. The summed E-state index contributed by atoms with van der Waals surface area (Å²) in [6, 6.07) is 5.84. The van der Waals surface area contributed by atoms with Crippen LogP contribution in [0.5, 0.6) is 0 Å². The van der Waals surface area contributed by atoms with E-state index in [2.05, 4.69) is 9.99 Å². The average molecular weight is 324 g/mol. The highest BCUT2D eigenvalue weighted by molar-refractivity contribution is 6.30. The Labute approximate surface area is 124 Å². The summed E-state index contributed by atoms with van der Waals surface area (Å²) in [5.41, 5.74) is 0.282. The maximum atomic E-state index is 12.0. The second-order valence-electron chi connectivity index (χ2n) is 4.30. The largest absolute Gasteiger partial charge is 0.460 e. The average Bonchev–Trinajstić information content (AvgIpc) is 2.34. The quantitative estimate of drug-likeness (QED) is 0.469. The molecular formula is C13H13ClF3NO3. The highest BCUT2D eigenvalue weighted by Crippen LogP contribution is 2.23. The number of benzene rings is 1. The molecule has 0 spiro atoms. The van der Waals surface area contributed by atoms with Gasteiger partial charge in [-0.25, -0.2) is 4.79 Å². The lowest BCUT2D eigenvalue weighted by molar-refractivity contribution is -0.162. The van der Waals surface area contributed by atoms with Gasteiger partial charge < -0.3 is 9.57 Å². The van der Waals surface area contributed by atoms with Gasteiger partial charge in [0.25, 0.3) is 0 Å². The molecule has 0 aliphatic rings. The van der Waals surface area contributed by atoms with E-state index in [0.29, 0.717) is 5.02 Å². The van der Waals surface area contributed by atoms with Crippen molar-refractivity contribution in [2.24, 2.45) is 5.16 Å². The second-order valence-corrected chi connectivity index (χ2v) is 4.74. The number of carbonyl (C=O) groups excluding carboxylic acids is 1. The molecule has 0 fully saturated rings. The van der Waals surface area contributed by atoms with Crippen LogP contribution in [0.3, 0.4) is 0 Å². The van der Waals surface area contributed by atoms with E-state index in [1.165, 1.54) is 24.3 Å². The third-order valence-electron chi connectivity index (χ3n) is 2.10. The van der Waals surface area contributed by atoms with E-state index >= 15 is 0 Å². The van der Waals surface area contributed by atoms with E-state index in [-0.39, 0.29) is 11.8 Å². The molecule has 21 heavy (non-hydrogen) atoms. The molecule has 0 saturated heterocycles. The second kappa shape index (κ2) is 7.31. The molecule has 0 aromatic heterocycles. The van der Waals surface area contributed by atoms with Crippen LogP contribution >= 0.6 is 11.6 Å². The fourth-order valence-corrected chi connectivity index (χ4v) is 1.45. The van der Waals surface area contributed by atoms with Crippen LogP contribution in [0.4, 0.5) is 13.2 Å². The summed E-state index contributed by atoms with van der Waals surface area (Å²) >= 11 is 5.71.